The standard InChI is InChI=1S/C13H10N6O2.C2H4O2/c1-2-9-10(21-7-20-9)3-8(1)4-18-19-13-11-12(15-5-14-11)16-6-17-13;1-2(3)4/h1-6H,7H2,(H2,14,15,16,17,19);1H3,(H,3,4). The molecule has 1 aliphatic rings. The minimum Gasteiger partial charge on any atom is -0.481 e. The molecule has 3 aromatic rings. The summed E-state index contributed by atoms with van der Waals surface area (Å²) in [7, 11) is 0. The van der Waals surface area contributed by atoms with Crippen molar-refractivity contribution in [1.29, 1.82) is 0 Å². The van der Waals surface area contributed by atoms with E-state index in [1.54, 1.807) is 12.5 Å². The van der Waals surface area contributed by atoms with Crippen molar-refractivity contribution in [2.75, 3.05) is 12.2 Å². The lowest BCUT2D eigenvalue weighted by Crippen LogP contribution is -1.95. The molecule has 0 atom stereocenters. The summed E-state index contributed by atoms with van der Waals surface area (Å²) in [5, 5.41) is 11.6. The van der Waals surface area contributed by atoms with E-state index in [1.165, 1.54) is 6.33 Å². The number of benzene rings is 1. The highest BCUT2D eigenvalue weighted by Crippen LogP contribution is 2.31. The zero-order valence-electron chi connectivity index (χ0n) is 13.1. The van der Waals surface area contributed by atoms with Crippen LogP contribution in [0.5, 0.6) is 11.5 Å². The lowest BCUT2D eigenvalue weighted by molar-refractivity contribution is -0.134. The van der Waals surface area contributed by atoms with Crippen molar-refractivity contribution >= 4 is 29.2 Å². The van der Waals surface area contributed by atoms with E-state index in [9.17, 15) is 0 Å². The summed E-state index contributed by atoms with van der Waals surface area (Å²) in [6.45, 7) is 1.34. The number of carbonyl (C=O) groups is 1. The second kappa shape index (κ2) is 7.25. The van der Waals surface area contributed by atoms with Crippen LogP contribution in [0.3, 0.4) is 0 Å². The smallest absolute Gasteiger partial charge is 0.300 e. The minimum atomic E-state index is -0.833. The Labute approximate surface area is 141 Å². The number of imidazole rings is 1. The summed E-state index contributed by atoms with van der Waals surface area (Å²) in [4.78, 5) is 24.2. The Morgan fingerprint density at radius 3 is 2.96 bits per heavy atom. The minimum absolute atomic E-state index is 0.257. The molecule has 1 aromatic carbocycles. The summed E-state index contributed by atoms with van der Waals surface area (Å²) in [6.07, 6.45) is 4.67. The average Bonchev–Trinajstić information content (AvgIpc) is 3.23. The van der Waals surface area contributed by atoms with E-state index in [0.717, 1.165) is 24.0 Å². The van der Waals surface area contributed by atoms with Crippen LogP contribution in [0.1, 0.15) is 12.5 Å². The molecule has 3 heterocycles. The normalized spacial score (nSPS) is 12.0. The first-order valence-electron chi connectivity index (χ1n) is 7.16. The number of hydrazone groups is 1. The summed E-state index contributed by atoms with van der Waals surface area (Å²) in [6, 6.07) is 5.60. The Hall–Kier alpha value is -3.69. The Kier molecular flexibility index (Phi) is 4.69. The molecular formula is C15H14N6O4. The Morgan fingerprint density at radius 2 is 2.12 bits per heavy atom. The van der Waals surface area contributed by atoms with E-state index >= 15 is 0 Å². The van der Waals surface area contributed by atoms with Crippen LogP contribution in [-0.2, 0) is 4.79 Å². The highest BCUT2D eigenvalue weighted by Gasteiger charge is 2.12. The zero-order chi connectivity index (χ0) is 17.6. The number of rotatable bonds is 3. The van der Waals surface area contributed by atoms with Gasteiger partial charge in [-0.1, -0.05) is 0 Å². The van der Waals surface area contributed by atoms with Gasteiger partial charge in [0.25, 0.3) is 5.97 Å². The van der Waals surface area contributed by atoms with E-state index < -0.39 is 5.97 Å². The molecule has 2 aromatic heterocycles. The fourth-order valence-corrected chi connectivity index (χ4v) is 2.01. The molecule has 0 amide bonds. The van der Waals surface area contributed by atoms with Crippen LogP contribution < -0.4 is 14.9 Å². The number of anilines is 1. The molecular weight excluding hydrogens is 328 g/mol. The number of carboxylic acid groups (broad SMARTS) is 1. The molecule has 3 N–H and O–H groups in total. The number of H-pyrrole nitrogens is 1. The molecule has 0 fully saturated rings. The molecule has 1 aliphatic heterocycles. The fourth-order valence-electron chi connectivity index (χ4n) is 2.01. The molecule has 0 saturated carbocycles. The molecule has 0 aliphatic carbocycles. The van der Waals surface area contributed by atoms with E-state index in [4.69, 9.17) is 19.4 Å². The van der Waals surface area contributed by atoms with Crippen LogP contribution in [0.25, 0.3) is 11.2 Å². The van der Waals surface area contributed by atoms with Gasteiger partial charge in [0.1, 0.15) is 11.8 Å². The van der Waals surface area contributed by atoms with Crippen LogP contribution in [-0.4, -0.2) is 44.0 Å². The third-order valence-corrected chi connectivity index (χ3v) is 3.00. The van der Waals surface area contributed by atoms with Gasteiger partial charge in [0.05, 0.1) is 12.5 Å². The molecule has 128 valence electrons. The van der Waals surface area contributed by atoms with Crippen molar-refractivity contribution in [3.63, 3.8) is 0 Å². The van der Waals surface area contributed by atoms with Gasteiger partial charge in [-0.3, -0.25) is 10.2 Å². The lowest BCUT2D eigenvalue weighted by Gasteiger charge is -2.00. The molecule has 0 unspecified atom stereocenters. The molecule has 0 bridgehead atoms. The van der Waals surface area contributed by atoms with E-state index in [1.807, 2.05) is 18.2 Å². The fraction of sp³-hybridized carbons (Fsp3) is 0.133. The first-order valence-corrected chi connectivity index (χ1v) is 7.16. The van der Waals surface area contributed by atoms with Crippen molar-refractivity contribution in [3.8, 4) is 11.5 Å². The first-order chi connectivity index (χ1) is 12.1. The lowest BCUT2D eigenvalue weighted by atomic mass is 10.2. The number of fused-ring (bicyclic) bond motifs is 2. The maximum atomic E-state index is 9.00. The topological polar surface area (TPSA) is 135 Å². The Morgan fingerprint density at radius 1 is 1.32 bits per heavy atom. The third kappa shape index (κ3) is 3.99. The number of hydrogen-bond acceptors (Lipinski definition) is 8. The number of ether oxygens (including phenoxy) is 2. The van der Waals surface area contributed by atoms with Crippen LogP contribution in [0.15, 0.2) is 36.0 Å². The van der Waals surface area contributed by atoms with Crippen LogP contribution >= 0.6 is 0 Å². The van der Waals surface area contributed by atoms with E-state index in [0.29, 0.717) is 17.0 Å². The number of nitrogens with one attached hydrogen (secondary N) is 2. The van der Waals surface area contributed by atoms with Gasteiger partial charge in [-0.2, -0.15) is 5.10 Å². The Balaban J connectivity index is 0.000000415. The maximum Gasteiger partial charge on any atom is 0.300 e. The van der Waals surface area contributed by atoms with Crippen molar-refractivity contribution in [2.24, 2.45) is 5.10 Å². The summed E-state index contributed by atoms with van der Waals surface area (Å²) < 4.78 is 10.6. The van der Waals surface area contributed by atoms with Gasteiger partial charge in [0.15, 0.2) is 23.0 Å². The largest absolute Gasteiger partial charge is 0.481 e. The van der Waals surface area contributed by atoms with Gasteiger partial charge in [-0.05, 0) is 23.8 Å². The van der Waals surface area contributed by atoms with Crippen molar-refractivity contribution in [2.45, 2.75) is 6.92 Å². The van der Waals surface area contributed by atoms with Gasteiger partial charge >= 0.3 is 0 Å². The second-order valence-corrected chi connectivity index (χ2v) is 4.83. The van der Waals surface area contributed by atoms with Crippen molar-refractivity contribution in [3.05, 3.63) is 36.4 Å². The molecule has 4 rings (SSSR count). The molecule has 25 heavy (non-hydrogen) atoms. The number of hydrogen-bond donors (Lipinski definition) is 3. The van der Waals surface area contributed by atoms with Gasteiger partial charge < -0.3 is 19.6 Å². The van der Waals surface area contributed by atoms with Crippen LogP contribution in [0, 0.1) is 0 Å². The van der Waals surface area contributed by atoms with Crippen LogP contribution in [0.4, 0.5) is 5.82 Å². The van der Waals surface area contributed by atoms with Crippen LogP contribution in [0.2, 0.25) is 0 Å². The highest BCUT2D eigenvalue weighted by atomic mass is 16.7. The maximum absolute atomic E-state index is 9.00. The number of aromatic nitrogens is 4. The highest BCUT2D eigenvalue weighted by molar-refractivity contribution is 5.84. The number of carboxylic acids is 1. The number of nitrogens with zero attached hydrogens (tertiary/aromatic N) is 4. The molecule has 0 saturated heterocycles. The Bertz CT molecular complexity index is 919. The van der Waals surface area contributed by atoms with Gasteiger partial charge in [-0.25, -0.2) is 15.0 Å². The summed E-state index contributed by atoms with van der Waals surface area (Å²) in [5.41, 5.74) is 5.05. The monoisotopic (exact) mass is 342 g/mol. The zero-order valence-corrected chi connectivity index (χ0v) is 13.1. The van der Waals surface area contributed by atoms with Crippen molar-refractivity contribution < 1.29 is 19.4 Å². The SMILES string of the molecule is C(=NNc1ncnc2nc[nH]c12)c1ccc2c(c1)OCO2.CC(=O)O. The van der Waals surface area contributed by atoms with Gasteiger partial charge in [0, 0.05) is 6.92 Å². The molecule has 10 heteroatoms. The molecule has 0 spiro atoms. The second-order valence-electron chi connectivity index (χ2n) is 4.83. The van der Waals surface area contributed by atoms with E-state index in [2.05, 4.69) is 30.5 Å². The van der Waals surface area contributed by atoms with Crippen molar-refractivity contribution in [1.82, 2.24) is 19.9 Å². The first kappa shape index (κ1) is 16.2. The van der Waals surface area contributed by atoms with E-state index in [-0.39, 0.29) is 6.79 Å². The average molecular weight is 342 g/mol. The number of aromatic amines is 1. The predicted molar refractivity (Wildman–Crippen MR) is 88.8 cm³/mol. The predicted octanol–water partition coefficient (Wildman–Crippen LogP) is 1.62. The quantitative estimate of drug-likeness (QED) is 0.483. The molecule has 10 nitrogen and oxygen atoms in total. The summed E-state index contributed by atoms with van der Waals surface area (Å²) >= 11 is 0. The van der Waals surface area contributed by atoms with Gasteiger partial charge in [0.2, 0.25) is 6.79 Å². The molecule has 0 radical (unpaired) electrons. The number of aliphatic carboxylic acids is 1. The van der Waals surface area contributed by atoms with Gasteiger partial charge in [-0.15, -0.1) is 0 Å². The summed E-state index contributed by atoms with van der Waals surface area (Å²) in [5.74, 6) is 1.20. The third-order valence-electron chi connectivity index (χ3n) is 3.00.